The molecule has 1 aromatic rings. The fraction of sp³-hybridized carbons (Fsp3) is 0.273. The number of benzene rings is 1. The average Bonchev–Trinajstić information content (AvgIpc) is 2.68. The van der Waals surface area contributed by atoms with Crippen molar-refractivity contribution in [2.45, 2.75) is 6.04 Å². The Labute approximate surface area is 153 Å². The summed E-state index contributed by atoms with van der Waals surface area (Å²) >= 11 is 0. The summed E-state index contributed by atoms with van der Waals surface area (Å²) in [6.07, 6.45) is 0. The van der Waals surface area contributed by atoms with E-state index in [4.69, 9.17) is 4.55 Å². The molecule has 2 heterocycles. The third-order valence-electron chi connectivity index (χ3n) is 3.36. The summed E-state index contributed by atoms with van der Waals surface area (Å²) in [4.78, 5) is 23.1. The van der Waals surface area contributed by atoms with Crippen LogP contribution in [-0.2, 0) is 19.5 Å². The molecule has 1 saturated heterocycles. The second-order valence-corrected chi connectivity index (χ2v) is 5.70. The second kappa shape index (κ2) is 6.26. The van der Waals surface area contributed by atoms with Gasteiger partial charge < -0.3 is 9.90 Å². The molecular formula is C11H10N3NaO7S. The van der Waals surface area contributed by atoms with Crippen molar-refractivity contribution in [3.63, 3.8) is 0 Å². The molecule has 12 heteroatoms. The molecule has 2 aliphatic heterocycles. The minimum Gasteiger partial charge on any atom is -0.548 e. The minimum atomic E-state index is -4.89. The number of hydroxylamine groups is 2. The number of nitrogens with zero attached hydrogens (tertiary/aromatic N) is 3. The Morgan fingerprint density at radius 2 is 2.04 bits per heavy atom. The van der Waals surface area contributed by atoms with Crippen LogP contribution in [0, 0.1) is 0 Å². The average molecular weight is 351 g/mol. The van der Waals surface area contributed by atoms with Gasteiger partial charge >= 0.3 is 46.0 Å². The number of fused-ring (bicyclic) bond motifs is 4. The van der Waals surface area contributed by atoms with Crippen molar-refractivity contribution in [1.82, 2.24) is 10.1 Å². The van der Waals surface area contributed by atoms with Crippen LogP contribution in [0.5, 0.6) is 0 Å². The normalized spacial score (nSPS) is 19.4. The summed E-state index contributed by atoms with van der Waals surface area (Å²) < 4.78 is 34.9. The Kier molecular flexibility index (Phi) is 4.89. The van der Waals surface area contributed by atoms with Crippen LogP contribution in [-0.4, -0.2) is 48.1 Å². The van der Waals surface area contributed by atoms with Crippen molar-refractivity contribution < 1.29 is 61.5 Å². The molecule has 1 N–H and O–H groups in total. The van der Waals surface area contributed by atoms with Gasteiger partial charge in [0.15, 0.2) is 0 Å². The van der Waals surface area contributed by atoms with Gasteiger partial charge in [0.2, 0.25) is 0 Å². The fourth-order valence-electron chi connectivity index (χ4n) is 2.60. The smallest absolute Gasteiger partial charge is 0.548 e. The maximum absolute atomic E-state index is 12.2. The zero-order chi connectivity index (χ0) is 16.1. The van der Waals surface area contributed by atoms with Crippen LogP contribution in [0.15, 0.2) is 24.3 Å². The number of hydrogen-bond acceptors (Lipinski definition) is 7. The SMILES string of the molecule is O=C([O-])CN1c2ccccc2C2CN1C(=O)N2OS(=O)(=O)O.[Na+]. The molecule has 3 rings (SSSR count). The first kappa shape index (κ1) is 18.0. The molecule has 23 heavy (non-hydrogen) atoms. The monoisotopic (exact) mass is 351 g/mol. The fourth-order valence-corrected chi connectivity index (χ4v) is 2.97. The van der Waals surface area contributed by atoms with Crippen molar-refractivity contribution in [2.75, 3.05) is 18.1 Å². The van der Waals surface area contributed by atoms with Gasteiger partial charge in [-0.15, -0.1) is 4.28 Å². The minimum absolute atomic E-state index is 0. The third kappa shape index (κ3) is 3.29. The number of aliphatic carboxylic acids is 1. The van der Waals surface area contributed by atoms with Gasteiger partial charge in [0.25, 0.3) is 0 Å². The van der Waals surface area contributed by atoms with E-state index in [1.807, 2.05) is 0 Å². The molecule has 2 amide bonds. The van der Waals surface area contributed by atoms with Crippen molar-refractivity contribution in [3.8, 4) is 0 Å². The van der Waals surface area contributed by atoms with E-state index in [2.05, 4.69) is 4.28 Å². The van der Waals surface area contributed by atoms with Gasteiger partial charge in [0.1, 0.15) is 6.04 Å². The van der Waals surface area contributed by atoms with Crippen molar-refractivity contribution in [2.24, 2.45) is 0 Å². The van der Waals surface area contributed by atoms with Gasteiger partial charge in [-0.3, -0.25) is 9.56 Å². The first-order valence-corrected chi connectivity index (χ1v) is 7.48. The molecule has 2 bridgehead atoms. The summed E-state index contributed by atoms with van der Waals surface area (Å²) in [6, 6.07) is 4.80. The predicted octanol–water partition coefficient (Wildman–Crippen LogP) is -4.31. The number of hydrazine groups is 1. The Morgan fingerprint density at radius 3 is 2.65 bits per heavy atom. The molecule has 118 valence electrons. The van der Waals surface area contributed by atoms with E-state index in [0.717, 1.165) is 10.0 Å². The molecule has 1 atom stereocenters. The van der Waals surface area contributed by atoms with Crippen LogP contribution in [0.4, 0.5) is 10.5 Å². The summed E-state index contributed by atoms with van der Waals surface area (Å²) in [5, 5.41) is 13.6. The largest absolute Gasteiger partial charge is 1.00 e. The van der Waals surface area contributed by atoms with Crippen LogP contribution >= 0.6 is 0 Å². The van der Waals surface area contributed by atoms with Gasteiger partial charge in [-0.25, -0.2) is 9.80 Å². The second-order valence-electron chi connectivity index (χ2n) is 4.70. The summed E-state index contributed by atoms with van der Waals surface area (Å²) in [6.45, 7) is -0.603. The molecule has 1 aromatic carbocycles. The van der Waals surface area contributed by atoms with Gasteiger partial charge in [0.05, 0.1) is 24.7 Å². The Hall–Kier alpha value is -1.37. The number of amides is 2. The number of carbonyl (C=O) groups excluding carboxylic acids is 2. The molecular weight excluding hydrogens is 341 g/mol. The summed E-state index contributed by atoms with van der Waals surface area (Å²) in [7, 11) is -4.89. The van der Waals surface area contributed by atoms with E-state index in [9.17, 15) is 23.1 Å². The van der Waals surface area contributed by atoms with Gasteiger partial charge in [-0.05, 0) is 6.07 Å². The van der Waals surface area contributed by atoms with Gasteiger partial charge in [0, 0.05) is 5.56 Å². The Balaban J connectivity index is 0.00000192. The predicted molar refractivity (Wildman–Crippen MR) is 68.1 cm³/mol. The van der Waals surface area contributed by atoms with Crippen molar-refractivity contribution in [1.29, 1.82) is 0 Å². The molecule has 0 spiro atoms. The summed E-state index contributed by atoms with van der Waals surface area (Å²) in [5.41, 5.74) is 0.909. The zero-order valence-corrected chi connectivity index (χ0v) is 14.8. The number of anilines is 1. The van der Waals surface area contributed by atoms with E-state index in [0.29, 0.717) is 16.3 Å². The standard InChI is InChI=1S/C11H11N3O7S.Na/c15-10(16)6-12-8-4-2-1-3-7(8)9-5-13(12)11(17)14(9)21-22(18,19)20;/h1-4,9H,5-6H2,(H,15,16)(H,18,19,20);/q;+1/p-1. The van der Waals surface area contributed by atoms with Gasteiger partial charge in [-0.1, -0.05) is 18.2 Å². The molecule has 0 aromatic heterocycles. The maximum atomic E-state index is 12.2. The Bertz CT molecular complexity index is 756. The van der Waals surface area contributed by atoms with Crippen molar-refractivity contribution in [3.05, 3.63) is 29.8 Å². The van der Waals surface area contributed by atoms with Crippen LogP contribution in [0.1, 0.15) is 11.6 Å². The van der Waals surface area contributed by atoms with Crippen LogP contribution < -0.4 is 39.7 Å². The number of hydrogen-bond donors (Lipinski definition) is 1. The molecule has 10 nitrogen and oxygen atoms in total. The topological polar surface area (TPSA) is 131 Å². The number of carboxylic acid groups (broad SMARTS) is 1. The van der Waals surface area contributed by atoms with Crippen LogP contribution in [0.3, 0.4) is 0 Å². The van der Waals surface area contributed by atoms with Crippen LogP contribution in [0.2, 0.25) is 0 Å². The molecule has 1 fully saturated rings. The van der Waals surface area contributed by atoms with Gasteiger partial charge in [-0.2, -0.15) is 13.5 Å². The molecule has 0 saturated carbocycles. The Morgan fingerprint density at radius 1 is 1.39 bits per heavy atom. The van der Waals surface area contributed by atoms with E-state index >= 15 is 0 Å². The molecule has 2 aliphatic rings. The summed E-state index contributed by atoms with van der Waals surface area (Å²) in [5.74, 6) is -1.41. The first-order valence-electron chi connectivity index (χ1n) is 6.12. The number of rotatable bonds is 4. The molecule has 1 unspecified atom stereocenters. The molecule has 0 radical (unpaired) electrons. The van der Waals surface area contributed by atoms with E-state index < -0.39 is 35.0 Å². The number of para-hydroxylation sites is 1. The first-order chi connectivity index (χ1) is 10.3. The van der Waals surface area contributed by atoms with E-state index in [-0.39, 0.29) is 36.1 Å². The molecule has 0 aliphatic carbocycles. The zero-order valence-electron chi connectivity index (χ0n) is 11.9. The van der Waals surface area contributed by atoms with E-state index in [1.54, 1.807) is 24.3 Å². The number of urea groups is 1. The number of carboxylic acids is 1. The number of carbonyl (C=O) groups is 2. The van der Waals surface area contributed by atoms with Crippen LogP contribution in [0.25, 0.3) is 0 Å². The van der Waals surface area contributed by atoms with E-state index in [1.165, 1.54) is 0 Å². The maximum Gasteiger partial charge on any atom is 1.00 e. The third-order valence-corrected chi connectivity index (χ3v) is 3.71. The van der Waals surface area contributed by atoms with Crippen molar-refractivity contribution >= 4 is 28.1 Å². The quantitative estimate of drug-likeness (QED) is 0.426.